The largest absolute Gasteiger partial charge is 0.416 e. The first kappa shape index (κ1) is 15.3. The van der Waals surface area contributed by atoms with Gasteiger partial charge in [0.2, 0.25) is 0 Å². The van der Waals surface area contributed by atoms with Gasteiger partial charge in [-0.2, -0.15) is 13.2 Å². The highest BCUT2D eigenvalue weighted by molar-refractivity contribution is 9.10. The maximum Gasteiger partial charge on any atom is 0.416 e. The molecule has 0 spiro atoms. The summed E-state index contributed by atoms with van der Waals surface area (Å²) >= 11 is 3.15. The summed E-state index contributed by atoms with van der Waals surface area (Å²) in [6.45, 7) is 0. The van der Waals surface area contributed by atoms with Crippen molar-refractivity contribution in [1.82, 2.24) is 4.98 Å². The minimum atomic E-state index is -4.45. The van der Waals surface area contributed by atoms with Gasteiger partial charge in [0.05, 0.1) is 17.4 Å². The molecule has 1 aromatic heterocycles. The van der Waals surface area contributed by atoms with E-state index in [2.05, 4.69) is 31.5 Å². The molecule has 1 aromatic carbocycles. The van der Waals surface area contributed by atoms with Crippen molar-refractivity contribution < 1.29 is 18.0 Å². The second kappa shape index (κ2) is 6.13. The molecule has 4 nitrogen and oxygen atoms in total. The Kier molecular flexibility index (Phi) is 4.46. The predicted octanol–water partition coefficient (Wildman–Crippen LogP) is 4.51. The second-order valence-corrected chi connectivity index (χ2v) is 4.84. The van der Waals surface area contributed by atoms with E-state index in [0.717, 1.165) is 12.1 Å². The highest BCUT2D eigenvalue weighted by Crippen LogP contribution is 2.30. The SMILES string of the molecule is O=C(Nc1ccc(Br)nc1)Nc1cccc(C(F)(F)F)c1. The summed E-state index contributed by atoms with van der Waals surface area (Å²) in [5, 5.41) is 4.79. The fourth-order valence-electron chi connectivity index (χ4n) is 1.52. The molecule has 1 heterocycles. The Morgan fingerprint density at radius 2 is 1.81 bits per heavy atom. The van der Waals surface area contributed by atoms with Crippen LogP contribution in [0.3, 0.4) is 0 Å². The van der Waals surface area contributed by atoms with Crippen molar-refractivity contribution in [3.05, 3.63) is 52.8 Å². The van der Waals surface area contributed by atoms with E-state index in [1.807, 2.05) is 0 Å². The molecule has 0 saturated carbocycles. The topological polar surface area (TPSA) is 54.0 Å². The molecule has 0 atom stereocenters. The molecule has 0 aliphatic rings. The van der Waals surface area contributed by atoms with Crippen molar-refractivity contribution >= 4 is 33.3 Å². The van der Waals surface area contributed by atoms with Crippen molar-refractivity contribution in [1.29, 1.82) is 0 Å². The molecular formula is C13H9BrF3N3O. The number of carbonyl (C=O) groups is 1. The Labute approximate surface area is 126 Å². The Morgan fingerprint density at radius 3 is 2.43 bits per heavy atom. The Balaban J connectivity index is 2.04. The van der Waals surface area contributed by atoms with Crippen LogP contribution in [0.15, 0.2) is 47.2 Å². The molecule has 0 aliphatic heterocycles. The molecule has 0 aliphatic carbocycles. The van der Waals surface area contributed by atoms with Crippen LogP contribution in [0.4, 0.5) is 29.3 Å². The third kappa shape index (κ3) is 4.45. The number of rotatable bonds is 2. The third-order valence-electron chi connectivity index (χ3n) is 2.43. The van der Waals surface area contributed by atoms with Crippen LogP contribution in [-0.2, 0) is 6.18 Å². The van der Waals surface area contributed by atoms with E-state index in [0.29, 0.717) is 10.3 Å². The molecule has 0 saturated heterocycles. The minimum absolute atomic E-state index is 0.0485. The lowest BCUT2D eigenvalue weighted by molar-refractivity contribution is -0.137. The molecule has 0 radical (unpaired) electrons. The number of hydrogen-bond acceptors (Lipinski definition) is 2. The monoisotopic (exact) mass is 359 g/mol. The molecule has 8 heteroatoms. The summed E-state index contributed by atoms with van der Waals surface area (Å²) in [6.07, 6.45) is -3.04. The molecule has 110 valence electrons. The number of aromatic nitrogens is 1. The van der Waals surface area contributed by atoms with Gasteiger partial charge in [-0.25, -0.2) is 9.78 Å². The molecule has 0 unspecified atom stereocenters. The number of urea groups is 1. The van der Waals surface area contributed by atoms with Crippen LogP contribution in [0.1, 0.15) is 5.56 Å². The van der Waals surface area contributed by atoms with E-state index in [1.54, 1.807) is 12.1 Å². The van der Waals surface area contributed by atoms with Gasteiger partial charge in [-0.3, -0.25) is 0 Å². The van der Waals surface area contributed by atoms with Crippen LogP contribution in [0.5, 0.6) is 0 Å². The number of nitrogens with one attached hydrogen (secondary N) is 2. The minimum Gasteiger partial charge on any atom is -0.308 e. The van der Waals surface area contributed by atoms with Crippen molar-refractivity contribution in [2.45, 2.75) is 6.18 Å². The first-order valence-electron chi connectivity index (χ1n) is 5.71. The first-order chi connectivity index (χ1) is 9.84. The molecule has 2 rings (SSSR count). The van der Waals surface area contributed by atoms with Gasteiger partial charge in [0.25, 0.3) is 0 Å². The number of amides is 2. The van der Waals surface area contributed by atoms with Crippen LogP contribution in [0, 0.1) is 0 Å². The van der Waals surface area contributed by atoms with Gasteiger partial charge in [-0.05, 0) is 46.3 Å². The lowest BCUT2D eigenvalue weighted by Crippen LogP contribution is -2.19. The van der Waals surface area contributed by atoms with Gasteiger partial charge >= 0.3 is 12.2 Å². The van der Waals surface area contributed by atoms with Gasteiger partial charge in [0, 0.05) is 5.69 Å². The quantitative estimate of drug-likeness (QED) is 0.775. The number of benzene rings is 1. The van der Waals surface area contributed by atoms with Gasteiger partial charge in [-0.1, -0.05) is 6.07 Å². The highest BCUT2D eigenvalue weighted by Gasteiger charge is 2.30. The second-order valence-electron chi connectivity index (χ2n) is 4.03. The summed E-state index contributed by atoms with van der Waals surface area (Å²) in [4.78, 5) is 15.6. The number of hydrogen-bond donors (Lipinski definition) is 2. The van der Waals surface area contributed by atoms with Crippen LogP contribution in [0.2, 0.25) is 0 Å². The third-order valence-corrected chi connectivity index (χ3v) is 2.90. The molecule has 0 fully saturated rings. The summed E-state index contributed by atoms with van der Waals surface area (Å²) in [5.41, 5.74) is -0.360. The van der Waals surface area contributed by atoms with E-state index in [1.165, 1.54) is 18.3 Å². The van der Waals surface area contributed by atoms with E-state index >= 15 is 0 Å². The molecule has 2 amide bonds. The Morgan fingerprint density at radius 1 is 1.10 bits per heavy atom. The van der Waals surface area contributed by atoms with Gasteiger partial charge in [0.1, 0.15) is 4.60 Å². The smallest absolute Gasteiger partial charge is 0.308 e. The number of nitrogens with zero attached hydrogens (tertiary/aromatic N) is 1. The van der Waals surface area contributed by atoms with E-state index in [9.17, 15) is 18.0 Å². The number of carbonyl (C=O) groups excluding carboxylic acids is 1. The average molecular weight is 360 g/mol. The first-order valence-corrected chi connectivity index (χ1v) is 6.51. The lowest BCUT2D eigenvalue weighted by atomic mass is 10.2. The summed E-state index contributed by atoms with van der Waals surface area (Å²) in [5.74, 6) is 0. The highest BCUT2D eigenvalue weighted by atomic mass is 79.9. The number of anilines is 2. The summed E-state index contributed by atoms with van der Waals surface area (Å²) in [6, 6.07) is 6.96. The Hall–Kier alpha value is -2.09. The zero-order valence-corrected chi connectivity index (χ0v) is 12.0. The standard InChI is InChI=1S/C13H9BrF3N3O/c14-11-5-4-10(7-18-11)20-12(21)19-9-3-1-2-8(6-9)13(15,16)17/h1-7H,(H2,19,20,21). The molecule has 0 bridgehead atoms. The predicted molar refractivity (Wildman–Crippen MR) is 76.0 cm³/mol. The maximum atomic E-state index is 12.5. The van der Waals surface area contributed by atoms with Gasteiger partial charge in [-0.15, -0.1) is 0 Å². The number of pyridine rings is 1. The van der Waals surface area contributed by atoms with E-state index < -0.39 is 17.8 Å². The van der Waals surface area contributed by atoms with E-state index in [4.69, 9.17) is 0 Å². The molecule has 21 heavy (non-hydrogen) atoms. The maximum absolute atomic E-state index is 12.5. The Bertz CT molecular complexity index is 644. The van der Waals surface area contributed by atoms with E-state index in [-0.39, 0.29) is 5.69 Å². The average Bonchev–Trinajstić information content (AvgIpc) is 2.41. The zero-order chi connectivity index (χ0) is 15.5. The fourth-order valence-corrected chi connectivity index (χ4v) is 1.75. The van der Waals surface area contributed by atoms with Crippen molar-refractivity contribution in [2.24, 2.45) is 0 Å². The van der Waals surface area contributed by atoms with Crippen LogP contribution in [0.25, 0.3) is 0 Å². The normalized spacial score (nSPS) is 11.0. The summed E-state index contributed by atoms with van der Waals surface area (Å²) < 4.78 is 38.2. The van der Waals surface area contributed by atoms with Crippen molar-refractivity contribution in [2.75, 3.05) is 10.6 Å². The van der Waals surface area contributed by atoms with Crippen molar-refractivity contribution in [3.8, 4) is 0 Å². The van der Waals surface area contributed by atoms with Crippen LogP contribution in [-0.4, -0.2) is 11.0 Å². The van der Waals surface area contributed by atoms with Crippen molar-refractivity contribution in [3.63, 3.8) is 0 Å². The molecule has 2 N–H and O–H groups in total. The number of halogens is 4. The van der Waals surface area contributed by atoms with Crippen LogP contribution < -0.4 is 10.6 Å². The fraction of sp³-hybridized carbons (Fsp3) is 0.0769. The molecular weight excluding hydrogens is 351 g/mol. The lowest BCUT2D eigenvalue weighted by Gasteiger charge is -2.10. The van der Waals surface area contributed by atoms with Crippen LogP contribution >= 0.6 is 15.9 Å². The number of alkyl halides is 3. The van der Waals surface area contributed by atoms with Gasteiger partial charge < -0.3 is 10.6 Å². The molecule has 2 aromatic rings. The summed E-state index contributed by atoms with van der Waals surface area (Å²) in [7, 11) is 0. The van der Waals surface area contributed by atoms with Gasteiger partial charge in [0.15, 0.2) is 0 Å². The zero-order valence-electron chi connectivity index (χ0n) is 10.4.